The van der Waals surface area contributed by atoms with Crippen LogP contribution in [0.2, 0.25) is 0 Å². The summed E-state index contributed by atoms with van der Waals surface area (Å²) in [6.45, 7) is 4.17. The Hall–Kier alpha value is -0.910. The monoisotopic (exact) mass is 550 g/mol. The predicted molar refractivity (Wildman–Crippen MR) is 131 cm³/mol. The molecule has 1 aromatic carbocycles. The summed E-state index contributed by atoms with van der Waals surface area (Å²) in [4.78, 5) is 6.74. The van der Waals surface area contributed by atoms with Gasteiger partial charge < -0.3 is 15.0 Å². The van der Waals surface area contributed by atoms with Crippen LogP contribution >= 0.6 is 24.0 Å². The van der Waals surface area contributed by atoms with Crippen molar-refractivity contribution in [3.8, 4) is 0 Å². The van der Waals surface area contributed by atoms with Gasteiger partial charge in [-0.25, -0.2) is 8.42 Å². The zero-order valence-corrected chi connectivity index (χ0v) is 21.2. The molecule has 0 amide bonds. The molecule has 0 spiro atoms. The maximum atomic E-state index is 12.7. The largest absolute Gasteiger partial charge is 0.379 e. The molecule has 30 heavy (non-hydrogen) atoms. The third-order valence-corrected chi connectivity index (χ3v) is 7.43. The Balaban J connectivity index is 0.00000320. The molecule has 9 heteroatoms. The zero-order valence-electron chi connectivity index (χ0n) is 18.0. The number of nitrogens with one attached hydrogen (secondary N) is 1. The van der Waals surface area contributed by atoms with Crippen LogP contribution in [0.3, 0.4) is 0 Å². The summed E-state index contributed by atoms with van der Waals surface area (Å²) in [7, 11) is 0.377. The van der Waals surface area contributed by atoms with Gasteiger partial charge >= 0.3 is 0 Å². The zero-order chi connectivity index (χ0) is 20.7. The van der Waals surface area contributed by atoms with Gasteiger partial charge in [-0.05, 0) is 49.3 Å². The van der Waals surface area contributed by atoms with E-state index in [4.69, 9.17) is 4.74 Å². The molecule has 1 aromatic rings. The summed E-state index contributed by atoms with van der Waals surface area (Å²) in [5, 5.41) is 3.33. The number of hydrogen-bond donors (Lipinski definition) is 1. The number of halogens is 1. The lowest BCUT2D eigenvalue weighted by Gasteiger charge is -2.26. The first kappa shape index (κ1) is 25.4. The van der Waals surface area contributed by atoms with E-state index in [0.717, 1.165) is 49.9 Å². The lowest BCUT2D eigenvalue weighted by Crippen LogP contribution is -2.40. The van der Waals surface area contributed by atoms with Crippen LogP contribution in [0, 0.1) is 5.92 Å². The maximum absolute atomic E-state index is 12.7. The summed E-state index contributed by atoms with van der Waals surface area (Å²) >= 11 is 0. The molecule has 2 fully saturated rings. The Morgan fingerprint density at radius 3 is 2.47 bits per heavy atom. The summed E-state index contributed by atoms with van der Waals surface area (Å²) in [5.74, 6) is 1.57. The van der Waals surface area contributed by atoms with Gasteiger partial charge in [-0.15, -0.1) is 24.0 Å². The van der Waals surface area contributed by atoms with Gasteiger partial charge in [-0.2, -0.15) is 4.31 Å². The molecule has 1 aliphatic carbocycles. The van der Waals surface area contributed by atoms with Gasteiger partial charge in [0, 0.05) is 46.9 Å². The van der Waals surface area contributed by atoms with Crippen molar-refractivity contribution in [2.45, 2.75) is 43.5 Å². The van der Waals surface area contributed by atoms with Gasteiger partial charge in [0.1, 0.15) is 0 Å². The van der Waals surface area contributed by atoms with Crippen molar-refractivity contribution in [3.63, 3.8) is 0 Å². The molecular formula is C21H35IN4O3S. The van der Waals surface area contributed by atoms with Crippen LogP contribution in [0.25, 0.3) is 0 Å². The van der Waals surface area contributed by atoms with Crippen LogP contribution in [-0.2, 0) is 21.3 Å². The fourth-order valence-corrected chi connectivity index (χ4v) is 4.96. The molecular weight excluding hydrogens is 515 g/mol. The van der Waals surface area contributed by atoms with Gasteiger partial charge in [-0.3, -0.25) is 4.99 Å². The molecule has 0 aromatic heterocycles. The minimum Gasteiger partial charge on any atom is -0.379 e. The number of hydrogen-bond acceptors (Lipinski definition) is 4. The fourth-order valence-electron chi connectivity index (χ4n) is 3.44. The second kappa shape index (κ2) is 12.2. The molecule has 0 radical (unpaired) electrons. The normalized spacial score (nSPS) is 18.0. The number of ether oxygens (including phenoxy) is 1. The first-order valence-corrected chi connectivity index (χ1v) is 12.0. The van der Waals surface area contributed by atoms with E-state index in [-0.39, 0.29) is 24.0 Å². The number of guanidine groups is 1. The lowest BCUT2D eigenvalue weighted by atomic mass is 10.2. The highest BCUT2D eigenvalue weighted by molar-refractivity contribution is 14.0. The second-order valence-electron chi connectivity index (χ2n) is 7.95. The SMILES string of the molecule is CN=C(NCc1ccc(S(=O)(=O)N2CCCCC2)cc1)N(C)CCOCC1CC1.I. The Kier molecular flexibility index (Phi) is 10.3. The van der Waals surface area contributed by atoms with Gasteiger partial charge in [0.25, 0.3) is 0 Å². The van der Waals surface area contributed by atoms with E-state index in [9.17, 15) is 8.42 Å². The summed E-state index contributed by atoms with van der Waals surface area (Å²) in [6.07, 6.45) is 5.60. The van der Waals surface area contributed by atoms with Gasteiger partial charge in [0.2, 0.25) is 10.0 Å². The van der Waals surface area contributed by atoms with Gasteiger partial charge in [0.15, 0.2) is 5.96 Å². The van der Waals surface area contributed by atoms with Crippen LogP contribution in [0.5, 0.6) is 0 Å². The van der Waals surface area contributed by atoms with E-state index < -0.39 is 10.0 Å². The minimum atomic E-state index is -3.38. The van der Waals surface area contributed by atoms with Crippen LogP contribution in [0.4, 0.5) is 0 Å². The Morgan fingerprint density at radius 1 is 1.20 bits per heavy atom. The standard InChI is InChI=1S/C21H34N4O3S.HI/c1-22-21(24(2)14-15-28-17-19-6-7-19)23-16-18-8-10-20(11-9-18)29(26,27)25-12-4-3-5-13-25;/h8-11,19H,3-7,12-17H2,1-2H3,(H,22,23);1H. The predicted octanol–water partition coefficient (Wildman–Crippen LogP) is 2.91. The van der Waals surface area contributed by atoms with Crippen LogP contribution in [0.15, 0.2) is 34.2 Å². The maximum Gasteiger partial charge on any atom is 0.243 e. The molecule has 170 valence electrons. The minimum absolute atomic E-state index is 0. The number of likely N-dealkylation sites (N-methyl/N-ethyl adjacent to an activating group) is 1. The van der Waals surface area contributed by atoms with E-state index in [1.54, 1.807) is 23.5 Å². The number of nitrogens with zero attached hydrogens (tertiary/aromatic N) is 3. The van der Waals surface area contributed by atoms with E-state index in [1.165, 1.54) is 12.8 Å². The fraction of sp³-hybridized carbons (Fsp3) is 0.667. The smallest absolute Gasteiger partial charge is 0.243 e. The first-order valence-electron chi connectivity index (χ1n) is 10.6. The number of benzene rings is 1. The number of piperidine rings is 1. The van der Waals surface area contributed by atoms with Gasteiger partial charge in [-0.1, -0.05) is 18.6 Å². The topological polar surface area (TPSA) is 74.2 Å². The molecule has 1 N–H and O–H groups in total. The number of sulfonamides is 1. The summed E-state index contributed by atoms with van der Waals surface area (Å²) in [6, 6.07) is 7.16. The van der Waals surface area contributed by atoms with Crippen LogP contribution in [-0.4, -0.2) is 70.5 Å². The van der Waals surface area contributed by atoms with Crippen LogP contribution in [0.1, 0.15) is 37.7 Å². The molecule has 1 saturated heterocycles. The average molecular weight is 551 g/mol. The second-order valence-corrected chi connectivity index (χ2v) is 9.89. The molecule has 0 atom stereocenters. The van der Waals surface area contributed by atoms with Crippen molar-refractivity contribution in [2.75, 3.05) is 46.9 Å². The van der Waals surface area contributed by atoms with Crippen LogP contribution < -0.4 is 5.32 Å². The van der Waals surface area contributed by atoms with Gasteiger partial charge in [0.05, 0.1) is 11.5 Å². The van der Waals surface area contributed by atoms with Crippen molar-refractivity contribution in [1.29, 1.82) is 0 Å². The number of aliphatic imine (C=N–C) groups is 1. The van der Waals surface area contributed by atoms with Crippen molar-refractivity contribution in [2.24, 2.45) is 10.9 Å². The Labute approximate surface area is 198 Å². The molecule has 1 saturated carbocycles. The molecule has 7 nitrogen and oxygen atoms in total. The molecule has 0 bridgehead atoms. The molecule has 2 aliphatic rings. The third-order valence-electron chi connectivity index (χ3n) is 5.52. The van der Waals surface area contributed by atoms with E-state index >= 15 is 0 Å². The Morgan fingerprint density at radius 2 is 1.87 bits per heavy atom. The van der Waals surface area contributed by atoms with E-state index in [2.05, 4.69) is 10.3 Å². The molecule has 0 unspecified atom stereocenters. The Bertz CT molecular complexity index is 776. The van der Waals surface area contributed by atoms with E-state index in [0.29, 0.717) is 31.1 Å². The van der Waals surface area contributed by atoms with Crippen molar-refractivity contribution < 1.29 is 13.2 Å². The quantitative estimate of drug-likeness (QED) is 0.222. The highest BCUT2D eigenvalue weighted by Gasteiger charge is 2.25. The van der Waals surface area contributed by atoms with Crippen molar-refractivity contribution >= 4 is 40.0 Å². The molecule has 3 rings (SSSR count). The van der Waals surface area contributed by atoms with Crippen molar-refractivity contribution in [1.82, 2.24) is 14.5 Å². The highest BCUT2D eigenvalue weighted by Crippen LogP contribution is 2.28. The third kappa shape index (κ3) is 7.35. The molecule has 1 heterocycles. The van der Waals surface area contributed by atoms with Crippen molar-refractivity contribution in [3.05, 3.63) is 29.8 Å². The lowest BCUT2D eigenvalue weighted by molar-refractivity contribution is 0.115. The van der Waals surface area contributed by atoms with E-state index in [1.807, 2.05) is 24.1 Å². The molecule has 1 aliphatic heterocycles. The summed E-state index contributed by atoms with van der Waals surface area (Å²) in [5.41, 5.74) is 1.02. The summed E-state index contributed by atoms with van der Waals surface area (Å²) < 4.78 is 32.8. The average Bonchev–Trinajstić information content (AvgIpc) is 3.57. The first-order chi connectivity index (χ1) is 14.0. The highest BCUT2D eigenvalue weighted by atomic mass is 127. The number of rotatable bonds is 9.